The van der Waals surface area contributed by atoms with Gasteiger partial charge in [-0.15, -0.1) is 11.8 Å². The van der Waals surface area contributed by atoms with Crippen LogP contribution in [0.5, 0.6) is 0 Å². The van der Waals surface area contributed by atoms with E-state index < -0.39 is 17.1 Å². The van der Waals surface area contributed by atoms with Gasteiger partial charge in [-0.2, -0.15) is 0 Å². The number of rotatable bonds is 6. The number of aliphatic hydroxyl groups is 1. The molecule has 16 heavy (non-hydrogen) atoms. The molecule has 1 aromatic carbocycles. The molecule has 1 rings (SSSR count). The van der Waals surface area contributed by atoms with Crippen molar-refractivity contribution in [2.24, 2.45) is 0 Å². The van der Waals surface area contributed by atoms with E-state index >= 15 is 0 Å². The Balaban J connectivity index is 2.28. The van der Waals surface area contributed by atoms with E-state index in [1.165, 1.54) is 6.92 Å². The molecule has 0 aliphatic heterocycles. The van der Waals surface area contributed by atoms with Crippen LogP contribution in [0.15, 0.2) is 35.2 Å². The van der Waals surface area contributed by atoms with Crippen LogP contribution < -0.4 is 0 Å². The molecule has 4 nitrogen and oxygen atoms in total. The largest absolute Gasteiger partial charge is 0.386 e. The Morgan fingerprint density at radius 1 is 1.44 bits per heavy atom. The number of aliphatic hydroxyl groups excluding tert-OH is 1. The summed E-state index contributed by atoms with van der Waals surface area (Å²) in [6.07, 6.45) is -0.437. The van der Waals surface area contributed by atoms with Crippen LogP contribution in [-0.2, 0) is 0 Å². The lowest BCUT2D eigenvalue weighted by Gasteiger charge is -2.11. The maximum Gasteiger partial charge on any atom is 0.235 e. The Morgan fingerprint density at radius 3 is 2.62 bits per heavy atom. The molecule has 0 fully saturated rings. The number of hydrogen-bond donors (Lipinski definition) is 1. The zero-order chi connectivity index (χ0) is 12.0. The molecule has 0 saturated carbocycles. The Labute approximate surface area is 98.8 Å². The molecule has 1 aromatic rings. The van der Waals surface area contributed by atoms with Crippen molar-refractivity contribution in [3.8, 4) is 0 Å². The minimum absolute atomic E-state index is 0.432. The topological polar surface area (TPSA) is 63.4 Å². The third kappa shape index (κ3) is 4.20. The molecular formula is C11H15NO3S. The number of nitrogens with zero attached hydrogens (tertiary/aromatic N) is 1. The molecule has 0 amide bonds. The fraction of sp³-hybridized carbons (Fsp3) is 0.455. The quantitative estimate of drug-likeness (QED) is 0.471. The maximum atomic E-state index is 10.4. The van der Waals surface area contributed by atoms with Crippen molar-refractivity contribution in [3.05, 3.63) is 40.4 Å². The van der Waals surface area contributed by atoms with E-state index in [0.717, 1.165) is 4.90 Å². The van der Waals surface area contributed by atoms with E-state index in [4.69, 9.17) is 0 Å². The van der Waals surface area contributed by atoms with E-state index in [0.29, 0.717) is 12.2 Å². The van der Waals surface area contributed by atoms with Crippen molar-refractivity contribution in [1.29, 1.82) is 0 Å². The van der Waals surface area contributed by atoms with E-state index in [2.05, 4.69) is 0 Å². The van der Waals surface area contributed by atoms with Gasteiger partial charge in [-0.1, -0.05) is 18.2 Å². The first-order valence-electron chi connectivity index (χ1n) is 5.10. The van der Waals surface area contributed by atoms with E-state index in [1.54, 1.807) is 11.8 Å². The normalized spacial score (nSPS) is 14.4. The first kappa shape index (κ1) is 13.0. The molecular weight excluding hydrogens is 226 g/mol. The van der Waals surface area contributed by atoms with Gasteiger partial charge in [0.15, 0.2) is 0 Å². The fourth-order valence-corrected chi connectivity index (χ4v) is 2.14. The summed E-state index contributed by atoms with van der Waals surface area (Å²) in [6.45, 7) is 1.43. The second-order valence-corrected chi connectivity index (χ2v) is 4.71. The minimum Gasteiger partial charge on any atom is -0.386 e. The van der Waals surface area contributed by atoms with Crippen LogP contribution in [-0.4, -0.2) is 27.9 Å². The van der Waals surface area contributed by atoms with Crippen molar-refractivity contribution in [2.45, 2.75) is 30.4 Å². The molecule has 0 aliphatic rings. The van der Waals surface area contributed by atoms with Crippen molar-refractivity contribution >= 4 is 11.8 Å². The van der Waals surface area contributed by atoms with Crippen molar-refractivity contribution in [2.75, 3.05) is 5.75 Å². The van der Waals surface area contributed by atoms with Crippen molar-refractivity contribution in [3.63, 3.8) is 0 Å². The predicted octanol–water partition coefficient (Wildman–Crippen LogP) is 2.19. The zero-order valence-electron chi connectivity index (χ0n) is 9.07. The molecule has 88 valence electrons. The fourth-order valence-electron chi connectivity index (χ4n) is 1.20. The van der Waals surface area contributed by atoms with Gasteiger partial charge in [0, 0.05) is 22.5 Å². The summed E-state index contributed by atoms with van der Waals surface area (Å²) in [5.41, 5.74) is 0. The van der Waals surface area contributed by atoms with Gasteiger partial charge in [0.1, 0.15) is 6.10 Å². The third-order valence-electron chi connectivity index (χ3n) is 2.31. The molecule has 0 aromatic heterocycles. The summed E-state index contributed by atoms with van der Waals surface area (Å²) in [5.74, 6) is 0.684. The zero-order valence-corrected chi connectivity index (χ0v) is 9.89. The molecule has 0 heterocycles. The number of nitro groups is 1. The van der Waals surface area contributed by atoms with Gasteiger partial charge >= 0.3 is 0 Å². The number of benzene rings is 1. The molecule has 5 heteroatoms. The summed E-state index contributed by atoms with van der Waals surface area (Å²) < 4.78 is 0. The van der Waals surface area contributed by atoms with Gasteiger partial charge in [0.25, 0.3) is 0 Å². The van der Waals surface area contributed by atoms with Gasteiger partial charge in [0.2, 0.25) is 6.04 Å². The van der Waals surface area contributed by atoms with Crippen molar-refractivity contribution in [1.82, 2.24) is 0 Å². The first-order chi connectivity index (χ1) is 7.61. The highest BCUT2D eigenvalue weighted by Crippen LogP contribution is 2.19. The van der Waals surface area contributed by atoms with Crippen LogP contribution in [0, 0.1) is 10.1 Å². The van der Waals surface area contributed by atoms with Gasteiger partial charge in [-0.3, -0.25) is 10.1 Å². The molecule has 1 N–H and O–H groups in total. The van der Waals surface area contributed by atoms with E-state index in [1.807, 2.05) is 30.3 Å². The summed E-state index contributed by atoms with van der Waals surface area (Å²) in [4.78, 5) is 11.1. The van der Waals surface area contributed by atoms with Crippen LogP contribution >= 0.6 is 11.8 Å². The average Bonchev–Trinajstić information content (AvgIpc) is 2.29. The Morgan fingerprint density at radius 2 is 2.06 bits per heavy atom. The predicted molar refractivity (Wildman–Crippen MR) is 64.2 cm³/mol. The highest BCUT2D eigenvalue weighted by molar-refractivity contribution is 7.99. The summed E-state index contributed by atoms with van der Waals surface area (Å²) in [5, 5.41) is 19.9. The third-order valence-corrected chi connectivity index (χ3v) is 3.36. The lowest BCUT2D eigenvalue weighted by molar-refractivity contribution is -0.529. The molecule has 0 spiro atoms. The highest BCUT2D eigenvalue weighted by Gasteiger charge is 2.23. The van der Waals surface area contributed by atoms with Gasteiger partial charge in [-0.25, -0.2) is 0 Å². The molecule has 0 aliphatic carbocycles. The summed E-state index contributed by atoms with van der Waals surface area (Å²) in [7, 11) is 0. The van der Waals surface area contributed by atoms with E-state index in [-0.39, 0.29) is 0 Å². The smallest absolute Gasteiger partial charge is 0.235 e. The van der Waals surface area contributed by atoms with Crippen LogP contribution in [0.25, 0.3) is 0 Å². The van der Waals surface area contributed by atoms with Crippen LogP contribution in [0.3, 0.4) is 0 Å². The van der Waals surface area contributed by atoms with E-state index in [9.17, 15) is 15.2 Å². The Bertz CT molecular complexity index is 331. The molecule has 2 atom stereocenters. The van der Waals surface area contributed by atoms with Crippen molar-refractivity contribution < 1.29 is 10.0 Å². The SMILES string of the molecule is CC(C(O)CCSc1ccccc1)[N+](=O)[O-]. The molecule has 2 unspecified atom stereocenters. The summed E-state index contributed by atoms with van der Waals surface area (Å²) >= 11 is 1.60. The van der Waals surface area contributed by atoms with Crippen LogP contribution in [0.1, 0.15) is 13.3 Å². The first-order valence-corrected chi connectivity index (χ1v) is 6.09. The second-order valence-electron chi connectivity index (χ2n) is 3.54. The minimum atomic E-state index is -0.892. The molecule has 0 radical (unpaired) electrons. The lowest BCUT2D eigenvalue weighted by Crippen LogP contribution is -2.30. The number of hydrogen-bond acceptors (Lipinski definition) is 4. The van der Waals surface area contributed by atoms with Gasteiger partial charge in [-0.05, 0) is 18.6 Å². The molecule has 0 saturated heterocycles. The van der Waals surface area contributed by atoms with Gasteiger partial charge < -0.3 is 5.11 Å². The lowest BCUT2D eigenvalue weighted by atomic mass is 10.1. The summed E-state index contributed by atoms with van der Waals surface area (Å²) in [6, 6.07) is 8.89. The Hall–Kier alpha value is -1.07. The monoisotopic (exact) mass is 241 g/mol. The maximum absolute atomic E-state index is 10.4. The van der Waals surface area contributed by atoms with Gasteiger partial charge in [0.05, 0.1) is 0 Å². The average molecular weight is 241 g/mol. The standard InChI is InChI=1S/C11H15NO3S/c1-9(12(14)15)11(13)7-8-16-10-5-3-2-4-6-10/h2-6,9,11,13H,7-8H2,1H3. The van der Waals surface area contributed by atoms with Crippen LogP contribution in [0.4, 0.5) is 0 Å². The number of thioether (sulfide) groups is 1. The van der Waals surface area contributed by atoms with Crippen LogP contribution in [0.2, 0.25) is 0 Å². The highest BCUT2D eigenvalue weighted by atomic mass is 32.2. The second kappa shape index (κ2) is 6.50. The molecule has 0 bridgehead atoms. The Kier molecular flexibility index (Phi) is 5.28.